The van der Waals surface area contributed by atoms with Crippen molar-refractivity contribution in [1.29, 1.82) is 0 Å². The second kappa shape index (κ2) is 21.6. The smallest absolute Gasteiger partial charge is 0.0742 e. The minimum Gasteiger partial charge on any atom is -0.377 e. The molecule has 17 fully saturated rings. The summed E-state index contributed by atoms with van der Waals surface area (Å²) in [5, 5.41) is 0. The fourth-order valence-electron chi connectivity index (χ4n) is 11.9. The second-order valence-corrected chi connectivity index (χ2v) is 20.9. The molecule has 14 nitrogen and oxygen atoms in total. The van der Waals surface area contributed by atoms with Gasteiger partial charge in [-0.1, -0.05) is 0 Å². The van der Waals surface area contributed by atoms with E-state index in [4.69, 9.17) is 33.2 Å². The molecule has 0 aromatic carbocycles. The van der Waals surface area contributed by atoms with Gasteiger partial charge in [0.05, 0.1) is 82.4 Å². The summed E-state index contributed by atoms with van der Waals surface area (Å²) in [4.78, 5) is 16.7. The summed E-state index contributed by atoms with van der Waals surface area (Å²) in [5.41, 5.74) is 0. The van der Waals surface area contributed by atoms with Crippen LogP contribution in [0.4, 0.5) is 0 Å². The van der Waals surface area contributed by atoms with E-state index in [1.165, 1.54) is 70.8 Å². The third-order valence-electron chi connectivity index (χ3n) is 16.3. The van der Waals surface area contributed by atoms with E-state index in [0.717, 1.165) is 134 Å². The Labute approximate surface area is 363 Å². The van der Waals surface area contributed by atoms with Gasteiger partial charge in [-0.3, -0.25) is 29.4 Å². The van der Waals surface area contributed by atoms with Gasteiger partial charge in [-0.25, -0.2) is 0 Å². The number of nitrogens with zero attached hydrogens (tertiary/aromatic N) is 7. The first-order valence-corrected chi connectivity index (χ1v) is 24.2. The van der Waals surface area contributed by atoms with Crippen LogP contribution in [0.1, 0.15) is 64.2 Å². The van der Waals surface area contributed by atoms with E-state index in [-0.39, 0.29) is 0 Å². The lowest BCUT2D eigenvalue weighted by molar-refractivity contribution is -0.0963. The van der Waals surface area contributed by atoms with Gasteiger partial charge in [0.15, 0.2) is 0 Å². The van der Waals surface area contributed by atoms with E-state index < -0.39 is 0 Å². The fraction of sp³-hybridized carbons (Fsp3) is 1.00. The minimum absolute atomic E-state index is 0.556. The lowest BCUT2D eigenvalue weighted by Crippen LogP contribution is -2.52. The second-order valence-electron chi connectivity index (χ2n) is 20.9. The van der Waals surface area contributed by atoms with Crippen LogP contribution in [-0.4, -0.2) is 261 Å². The first-order chi connectivity index (χ1) is 29.0. The number of hydrogen-bond donors (Lipinski definition) is 0. The quantitative estimate of drug-likeness (QED) is 0.357. The molecular weight excluding hydrogens is 763 g/mol. The monoisotopic (exact) mass is 848 g/mol. The van der Waals surface area contributed by atoms with E-state index in [1.807, 2.05) is 0 Å². The van der Waals surface area contributed by atoms with Gasteiger partial charge in [-0.2, -0.15) is 0 Å². The van der Waals surface area contributed by atoms with Crippen LogP contribution in [0.5, 0.6) is 0 Å². The third kappa shape index (κ3) is 12.2. The lowest BCUT2D eigenvalue weighted by atomic mass is 9.98. The molecule has 0 aromatic heterocycles. The summed E-state index contributed by atoms with van der Waals surface area (Å²) in [6, 6.07) is 4.44. The van der Waals surface area contributed by atoms with Crippen molar-refractivity contribution in [3.63, 3.8) is 0 Å². The van der Waals surface area contributed by atoms with E-state index in [0.29, 0.717) is 42.7 Å². The van der Waals surface area contributed by atoms with Gasteiger partial charge in [0.2, 0.25) is 0 Å². The van der Waals surface area contributed by atoms with Gasteiger partial charge in [-0.05, 0) is 114 Å². The highest BCUT2D eigenvalue weighted by Crippen LogP contribution is 2.30. The first kappa shape index (κ1) is 46.0. The topological polar surface area (TPSA) is 87.3 Å². The van der Waals surface area contributed by atoms with Gasteiger partial charge in [0, 0.05) is 101 Å². The molecule has 60 heavy (non-hydrogen) atoms. The molecule has 17 aliphatic heterocycles. The summed E-state index contributed by atoms with van der Waals surface area (Å²) in [6.45, 7) is 16.2. The van der Waals surface area contributed by atoms with Crippen molar-refractivity contribution in [2.24, 2.45) is 5.92 Å². The maximum Gasteiger partial charge on any atom is 0.0742 e. The van der Waals surface area contributed by atoms with Gasteiger partial charge >= 0.3 is 0 Å². The first-order valence-electron chi connectivity index (χ1n) is 24.2. The Bertz CT molecular complexity index is 1140. The number of likely N-dealkylation sites (tertiary alicyclic amines) is 4. The zero-order chi connectivity index (χ0) is 41.8. The van der Waals surface area contributed by atoms with E-state index in [9.17, 15) is 0 Å². The van der Waals surface area contributed by atoms with Crippen LogP contribution < -0.4 is 0 Å². The molecule has 17 heterocycles. The highest BCUT2D eigenvalue weighted by molar-refractivity contribution is 4.92. The van der Waals surface area contributed by atoms with Crippen molar-refractivity contribution in [3.8, 4) is 0 Å². The van der Waals surface area contributed by atoms with E-state index in [1.54, 1.807) is 0 Å². The third-order valence-corrected chi connectivity index (χ3v) is 16.3. The number of morpholine rings is 6. The number of ether oxygens (including phenoxy) is 7. The zero-order valence-electron chi connectivity index (χ0n) is 38.7. The summed E-state index contributed by atoms with van der Waals surface area (Å²) in [5.74, 6) is 0.856. The molecule has 346 valence electrons. The summed E-state index contributed by atoms with van der Waals surface area (Å²) in [6.07, 6.45) is 17.0. The molecular formula is C46H85N7O7. The molecule has 10 unspecified atom stereocenters. The van der Waals surface area contributed by atoms with Crippen LogP contribution in [0.15, 0.2) is 0 Å². The SMILES string of the molecule is CN1CC2CC1CO2.CN1CC2CCC1CO2.CN1CC2CCOC2C1.CN1CC2CC[C@@H]1CO2.CN1CC2CC[C@H]1CO2.CN1CC2C[C@@H]1CO2.CN1CC2C[C@H]1CO2. The van der Waals surface area contributed by atoms with Crippen LogP contribution >= 0.6 is 0 Å². The number of hydrogen-bond acceptors (Lipinski definition) is 14. The average molecular weight is 848 g/mol. The van der Waals surface area contributed by atoms with Gasteiger partial charge in [0.1, 0.15) is 0 Å². The predicted molar refractivity (Wildman–Crippen MR) is 234 cm³/mol. The van der Waals surface area contributed by atoms with Crippen molar-refractivity contribution in [3.05, 3.63) is 0 Å². The van der Waals surface area contributed by atoms with E-state index >= 15 is 0 Å². The van der Waals surface area contributed by atoms with Gasteiger partial charge < -0.3 is 38.1 Å². The van der Waals surface area contributed by atoms with Gasteiger partial charge in [-0.15, -0.1) is 0 Å². The number of fused-ring (bicyclic) bond motifs is 16. The van der Waals surface area contributed by atoms with Crippen molar-refractivity contribution in [1.82, 2.24) is 34.3 Å². The number of rotatable bonds is 0. The standard InChI is InChI=1S/4C7H13NO.3C6H11NO/c3*1-8-4-7-3-2-6(8)5-9-7;1-8-4-6-2-3-9-7(6)5-8;3*1-7-3-6-2-5(7)4-8-6/h4*6-7H,2-5H2,1H3;3*5-6H,2-4H2,1H3/t2*6-,7?;;;2*5-,6?;/m10..10./s1. The summed E-state index contributed by atoms with van der Waals surface area (Å²) >= 11 is 0. The van der Waals surface area contributed by atoms with Crippen LogP contribution in [0.2, 0.25) is 0 Å². The Kier molecular flexibility index (Phi) is 16.6. The molecule has 14 atom stereocenters. The van der Waals surface area contributed by atoms with Crippen LogP contribution in [0, 0.1) is 5.92 Å². The summed E-state index contributed by atoms with van der Waals surface area (Å²) in [7, 11) is 15.3. The Morgan fingerprint density at radius 1 is 0.300 bits per heavy atom. The molecule has 0 amide bonds. The van der Waals surface area contributed by atoms with Crippen LogP contribution in [0.3, 0.4) is 0 Å². The Morgan fingerprint density at radius 2 is 0.617 bits per heavy atom. The number of likely N-dealkylation sites (N-methyl/N-ethyl adjacent to an activating group) is 7. The number of piperidine rings is 3. The molecule has 0 radical (unpaired) electrons. The van der Waals surface area contributed by atoms with Crippen molar-refractivity contribution in [2.45, 2.75) is 143 Å². The maximum atomic E-state index is 5.51. The average Bonchev–Trinajstić information content (AvgIpc) is 4.13. The fourth-order valence-corrected chi connectivity index (χ4v) is 11.9. The van der Waals surface area contributed by atoms with Crippen LogP contribution in [-0.2, 0) is 33.2 Å². The molecule has 0 saturated carbocycles. The highest BCUT2D eigenvalue weighted by Gasteiger charge is 2.39. The maximum absolute atomic E-state index is 5.51. The molecule has 14 heteroatoms. The Hall–Kier alpha value is -0.560. The molecule has 0 spiro atoms. The van der Waals surface area contributed by atoms with Gasteiger partial charge in [0.25, 0.3) is 0 Å². The van der Waals surface area contributed by atoms with Crippen LogP contribution in [0.25, 0.3) is 0 Å². The molecule has 17 rings (SSSR count). The minimum atomic E-state index is 0.556. The summed E-state index contributed by atoms with van der Waals surface area (Å²) < 4.78 is 38.2. The Morgan fingerprint density at radius 3 is 0.800 bits per heavy atom. The molecule has 17 aliphatic rings. The van der Waals surface area contributed by atoms with Crippen molar-refractivity contribution < 1.29 is 33.2 Å². The molecule has 0 N–H and O–H groups in total. The molecule has 17 saturated heterocycles. The predicted octanol–water partition coefficient (Wildman–Crippen LogP) is 2.04. The molecule has 0 aliphatic carbocycles. The van der Waals surface area contributed by atoms with Crippen molar-refractivity contribution in [2.75, 3.05) is 148 Å². The van der Waals surface area contributed by atoms with E-state index in [2.05, 4.69) is 83.6 Å². The Balaban J connectivity index is 0.0000000970. The largest absolute Gasteiger partial charge is 0.377 e. The highest BCUT2D eigenvalue weighted by atomic mass is 16.5. The zero-order valence-corrected chi connectivity index (χ0v) is 38.7. The molecule has 12 bridgehead atoms. The lowest BCUT2D eigenvalue weighted by Gasteiger charge is -2.43. The normalized spacial score (nSPS) is 44.6. The van der Waals surface area contributed by atoms with Crippen molar-refractivity contribution >= 4 is 0 Å². The molecule has 0 aromatic rings.